The van der Waals surface area contributed by atoms with Crippen LogP contribution in [0.2, 0.25) is 0 Å². The summed E-state index contributed by atoms with van der Waals surface area (Å²) < 4.78 is 43.9. The molecule has 0 aromatic heterocycles. The Hall–Kier alpha value is -2.34. The smallest absolute Gasteiger partial charge is 0.416 e. The molecule has 0 amide bonds. The molecule has 1 unspecified atom stereocenters. The average molecular weight is 379 g/mol. The van der Waals surface area contributed by atoms with E-state index in [1.807, 2.05) is 42.2 Å². The standard InChI is InChI=1S/C21H24F3NO2/c1-3-27-20(26)15-25(14-17-8-5-4-6-9-17)16(2)12-18-10-7-11-19(13-18)21(22,23)24/h4-11,13,16H,3,12,14-15H2,1-2H3. The molecule has 0 spiro atoms. The Morgan fingerprint density at radius 1 is 1.07 bits per heavy atom. The van der Waals surface area contributed by atoms with Crippen LogP contribution < -0.4 is 0 Å². The van der Waals surface area contributed by atoms with Crippen molar-refractivity contribution in [2.45, 2.75) is 39.0 Å². The topological polar surface area (TPSA) is 29.5 Å². The molecule has 146 valence electrons. The van der Waals surface area contributed by atoms with Crippen LogP contribution in [0.5, 0.6) is 0 Å². The summed E-state index contributed by atoms with van der Waals surface area (Å²) in [7, 11) is 0. The van der Waals surface area contributed by atoms with Gasteiger partial charge in [0.2, 0.25) is 0 Å². The Balaban J connectivity index is 2.15. The van der Waals surface area contributed by atoms with Crippen molar-refractivity contribution in [3.05, 3.63) is 71.3 Å². The number of ether oxygens (including phenoxy) is 1. The summed E-state index contributed by atoms with van der Waals surface area (Å²) in [6.45, 7) is 4.54. The fraction of sp³-hybridized carbons (Fsp3) is 0.381. The normalized spacial score (nSPS) is 12.8. The van der Waals surface area contributed by atoms with Crippen LogP contribution in [0.25, 0.3) is 0 Å². The molecule has 27 heavy (non-hydrogen) atoms. The highest BCUT2D eigenvalue weighted by atomic mass is 19.4. The number of hydrogen-bond acceptors (Lipinski definition) is 3. The fourth-order valence-electron chi connectivity index (χ4n) is 2.90. The van der Waals surface area contributed by atoms with Gasteiger partial charge in [-0.2, -0.15) is 13.2 Å². The maximum absolute atomic E-state index is 12.9. The van der Waals surface area contributed by atoms with Gasteiger partial charge in [-0.1, -0.05) is 48.5 Å². The van der Waals surface area contributed by atoms with Gasteiger partial charge < -0.3 is 4.74 Å². The molecule has 0 radical (unpaired) electrons. The van der Waals surface area contributed by atoms with E-state index in [-0.39, 0.29) is 18.6 Å². The molecule has 0 bridgehead atoms. The third-order valence-corrected chi connectivity index (χ3v) is 4.27. The van der Waals surface area contributed by atoms with E-state index in [4.69, 9.17) is 4.74 Å². The SMILES string of the molecule is CCOC(=O)CN(Cc1ccccc1)C(C)Cc1cccc(C(F)(F)F)c1. The Bertz CT molecular complexity index is 732. The van der Waals surface area contributed by atoms with Crippen molar-refractivity contribution < 1.29 is 22.7 Å². The van der Waals surface area contributed by atoms with Gasteiger partial charge in [0.25, 0.3) is 0 Å². The fourth-order valence-corrected chi connectivity index (χ4v) is 2.90. The van der Waals surface area contributed by atoms with Crippen molar-refractivity contribution in [3.63, 3.8) is 0 Å². The van der Waals surface area contributed by atoms with Crippen LogP contribution >= 0.6 is 0 Å². The van der Waals surface area contributed by atoms with Gasteiger partial charge in [-0.05, 0) is 37.5 Å². The van der Waals surface area contributed by atoms with Crippen LogP contribution in [0, 0.1) is 0 Å². The largest absolute Gasteiger partial charge is 0.465 e. The molecule has 0 saturated carbocycles. The molecular formula is C21H24F3NO2. The predicted molar refractivity (Wildman–Crippen MR) is 98.1 cm³/mol. The Morgan fingerprint density at radius 3 is 2.37 bits per heavy atom. The molecule has 0 saturated heterocycles. The maximum atomic E-state index is 12.9. The van der Waals surface area contributed by atoms with Crippen LogP contribution in [0.3, 0.4) is 0 Å². The van der Waals surface area contributed by atoms with Gasteiger partial charge in [-0.25, -0.2) is 0 Å². The first kappa shape index (κ1) is 21.0. The van der Waals surface area contributed by atoms with Gasteiger partial charge in [-0.3, -0.25) is 9.69 Å². The van der Waals surface area contributed by atoms with Crippen molar-refractivity contribution >= 4 is 5.97 Å². The van der Waals surface area contributed by atoms with Crippen LogP contribution in [0.4, 0.5) is 13.2 Å². The Labute approximate surface area is 157 Å². The number of rotatable bonds is 8. The highest BCUT2D eigenvalue weighted by Gasteiger charge is 2.30. The molecule has 2 rings (SSSR count). The minimum atomic E-state index is -4.37. The summed E-state index contributed by atoms with van der Waals surface area (Å²) in [5, 5.41) is 0. The molecule has 0 heterocycles. The van der Waals surface area contributed by atoms with Crippen LogP contribution in [0.15, 0.2) is 54.6 Å². The Kier molecular flexibility index (Phi) is 7.42. The molecule has 2 aromatic rings. The first-order valence-corrected chi connectivity index (χ1v) is 8.89. The summed E-state index contributed by atoms with van der Waals surface area (Å²) in [6.07, 6.45) is -3.97. The van der Waals surface area contributed by atoms with E-state index in [2.05, 4.69) is 0 Å². The first-order chi connectivity index (χ1) is 12.8. The molecule has 0 N–H and O–H groups in total. The van der Waals surface area contributed by atoms with Crippen molar-refractivity contribution in [1.29, 1.82) is 0 Å². The monoisotopic (exact) mass is 379 g/mol. The number of alkyl halides is 3. The van der Waals surface area contributed by atoms with Gasteiger partial charge in [-0.15, -0.1) is 0 Å². The van der Waals surface area contributed by atoms with E-state index in [0.717, 1.165) is 11.6 Å². The van der Waals surface area contributed by atoms with Crippen molar-refractivity contribution in [3.8, 4) is 0 Å². The molecule has 0 aliphatic carbocycles. The average Bonchev–Trinajstić information content (AvgIpc) is 2.62. The van der Waals surface area contributed by atoms with E-state index >= 15 is 0 Å². The second kappa shape index (κ2) is 9.55. The summed E-state index contributed by atoms with van der Waals surface area (Å²) in [6, 6.07) is 14.8. The van der Waals surface area contributed by atoms with E-state index in [0.29, 0.717) is 25.1 Å². The lowest BCUT2D eigenvalue weighted by atomic mass is 10.0. The van der Waals surface area contributed by atoms with E-state index in [9.17, 15) is 18.0 Å². The zero-order valence-electron chi connectivity index (χ0n) is 15.5. The molecule has 0 fully saturated rings. The zero-order chi connectivity index (χ0) is 19.9. The second-order valence-corrected chi connectivity index (χ2v) is 6.45. The number of esters is 1. The maximum Gasteiger partial charge on any atom is 0.416 e. The van der Waals surface area contributed by atoms with Gasteiger partial charge >= 0.3 is 12.1 Å². The van der Waals surface area contributed by atoms with Gasteiger partial charge in [0.05, 0.1) is 18.7 Å². The van der Waals surface area contributed by atoms with Gasteiger partial charge in [0.1, 0.15) is 0 Å². The van der Waals surface area contributed by atoms with Gasteiger partial charge in [0.15, 0.2) is 0 Å². The van der Waals surface area contributed by atoms with E-state index < -0.39 is 11.7 Å². The highest BCUT2D eigenvalue weighted by Crippen LogP contribution is 2.30. The van der Waals surface area contributed by atoms with Crippen molar-refractivity contribution in [2.24, 2.45) is 0 Å². The zero-order valence-corrected chi connectivity index (χ0v) is 15.5. The lowest BCUT2D eigenvalue weighted by molar-refractivity contribution is -0.145. The number of halogens is 3. The number of benzene rings is 2. The van der Waals surface area contributed by atoms with Crippen molar-refractivity contribution in [2.75, 3.05) is 13.2 Å². The molecule has 0 aliphatic heterocycles. The first-order valence-electron chi connectivity index (χ1n) is 8.89. The second-order valence-electron chi connectivity index (χ2n) is 6.45. The summed E-state index contributed by atoms with van der Waals surface area (Å²) in [5.41, 5.74) is 0.948. The lowest BCUT2D eigenvalue weighted by Gasteiger charge is -2.28. The summed E-state index contributed by atoms with van der Waals surface area (Å²) in [5.74, 6) is -0.343. The van der Waals surface area contributed by atoms with Crippen molar-refractivity contribution in [1.82, 2.24) is 4.90 Å². The molecule has 6 heteroatoms. The van der Waals surface area contributed by atoms with Crippen LogP contribution in [-0.4, -0.2) is 30.1 Å². The number of hydrogen-bond donors (Lipinski definition) is 0. The highest BCUT2D eigenvalue weighted by molar-refractivity contribution is 5.71. The molecular weight excluding hydrogens is 355 g/mol. The van der Waals surface area contributed by atoms with Gasteiger partial charge in [0, 0.05) is 12.6 Å². The van der Waals surface area contributed by atoms with E-state index in [1.165, 1.54) is 12.1 Å². The van der Waals surface area contributed by atoms with E-state index in [1.54, 1.807) is 13.0 Å². The van der Waals surface area contributed by atoms with Crippen LogP contribution in [-0.2, 0) is 28.7 Å². The third-order valence-electron chi connectivity index (χ3n) is 4.27. The lowest BCUT2D eigenvalue weighted by Crippen LogP contribution is -2.38. The summed E-state index contributed by atoms with van der Waals surface area (Å²) >= 11 is 0. The Morgan fingerprint density at radius 2 is 1.74 bits per heavy atom. The molecule has 1 atom stereocenters. The summed E-state index contributed by atoms with van der Waals surface area (Å²) in [4.78, 5) is 13.9. The number of nitrogens with zero attached hydrogens (tertiary/aromatic N) is 1. The van der Waals surface area contributed by atoms with Crippen LogP contribution in [0.1, 0.15) is 30.5 Å². The molecule has 2 aromatic carbocycles. The minimum absolute atomic E-state index is 0.0862. The third kappa shape index (κ3) is 6.71. The molecule has 0 aliphatic rings. The molecule has 3 nitrogen and oxygen atoms in total. The minimum Gasteiger partial charge on any atom is -0.465 e. The quantitative estimate of drug-likeness (QED) is 0.623. The predicted octanol–water partition coefficient (Wildman–Crippen LogP) is 4.70. The number of carbonyl (C=O) groups is 1. The number of carbonyl (C=O) groups excluding carboxylic acids is 1.